The Balaban J connectivity index is 1.80. The van der Waals surface area contributed by atoms with Crippen LogP contribution in [-0.4, -0.2) is 64.7 Å². The van der Waals surface area contributed by atoms with Crippen LogP contribution in [0.4, 0.5) is 0 Å². The molecule has 2 aromatic rings. The van der Waals surface area contributed by atoms with Gasteiger partial charge in [-0.2, -0.15) is 0 Å². The number of carbonyl (C=O) groups excluding carboxylic acids is 3. The van der Waals surface area contributed by atoms with Crippen molar-refractivity contribution in [2.24, 2.45) is 17.6 Å². The number of nitrogens with zero attached hydrogens (tertiary/aromatic N) is 2. The first-order chi connectivity index (χ1) is 16.5. The van der Waals surface area contributed by atoms with Crippen LogP contribution in [0, 0.1) is 11.8 Å². The quantitative estimate of drug-likeness (QED) is 0.327. The van der Waals surface area contributed by atoms with Crippen molar-refractivity contribution in [2.75, 3.05) is 0 Å². The third-order valence-corrected chi connectivity index (χ3v) is 7.32. The maximum atomic E-state index is 13.6. The first-order valence-corrected chi connectivity index (χ1v) is 10.8. The van der Waals surface area contributed by atoms with Gasteiger partial charge < -0.3 is 31.3 Å². The molecule has 0 aliphatic heterocycles. The molecule has 7 N–H and O–H groups in total. The number of ketones is 2. The Bertz CT molecular complexity index is 1380. The van der Waals surface area contributed by atoms with Crippen LogP contribution in [0.1, 0.15) is 30.4 Å². The smallest absolute Gasteiger partial charge is 0.255 e. The van der Waals surface area contributed by atoms with Crippen molar-refractivity contribution in [1.29, 1.82) is 0 Å². The molecule has 3 aliphatic rings. The summed E-state index contributed by atoms with van der Waals surface area (Å²) in [6.45, 7) is 1.66. The molecule has 0 spiro atoms. The van der Waals surface area contributed by atoms with Crippen molar-refractivity contribution in [3.8, 4) is 17.0 Å². The van der Waals surface area contributed by atoms with Crippen molar-refractivity contribution in [1.82, 2.24) is 9.97 Å². The summed E-state index contributed by atoms with van der Waals surface area (Å²) in [5, 5.41) is 55.1. The highest BCUT2D eigenvalue weighted by Gasteiger charge is 2.65. The number of phenolic OH excluding ortho intramolecular Hbond substituents is 1. The molecule has 1 saturated carbocycles. The number of nitrogens with two attached hydrogens (primary N) is 1. The number of hydrogen-bond acceptors (Lipinski definition) is 10. The number of hydrogen-bond donors (Lipinski definition) is 6. The standard InChI is InChI=1S/C24H21N3O8/c1-8-14-9(11-7-26-4-5-27-11)2-3-12(28)16(14)20(31)18-15(8)19(30)10-6-13(29)17(23(25)34)21(32)24(10,35)22(18)33/h2-5,7-8,10,15,19,28,30-32,35H,6H2,1H3,(H2,25,34). The number of benzene rings is 1. The number of aliphatic hydroxyl groups is 4. The molecular formula is C24H21N3O8. The second-order valence-corrected chi connectivity index (χ2v) is 9.00. The van der Waals surface area contributed by atoms with Gasteiger partial charge in [0.05, 0.1) is 23.6 Å². The minimum atomic E-state index is -2.87. The number of aromatic hydroxyl groups is 1. The monoisotopic (exact) mass is 479 g/mol. The fourth-order valence-electron chi connectivity index (χ4n) is 5.74. The lowest BCUT2D eigenvalue weighted by Gasteiger charge is -2.50. The molecule has 1 fully saturated rings. The summed E-state index contributed by atoms with van der Waals surface area (Å²) < 4.78 is 0. The van der Waals surface area contributed by atoms with Gasteiger partial charge in [0.15, 0.2) is 11.4 Å². The van der Waals surface area contributed by atoms with Gasteiger partial charge in [0.25, 0.3) is 5.91 Å². The Labute approximate surface area is 197 Å². The minimum Gasteiger partial charge on any atom is -0.508 e. The molecule has 1 aromatic carbocycles. The van der Waals surface area contributed by atoms with Gasteiger partial charge in [-0.3, -0.25) is 24.4 Å². The predicted molar refractivity (Wildman–Crippen MR) is 119 cm³/mol. The molecule has 0 saturated heterocycles. The number of Topliss-reactive ketones (excluding diaryl/α,β-unsaturated/α-hetero) is 2. The molecular weight excluding hydrogens is 458 g/mol. The molecule has 1 aromatic heterocycles. The van der Waals surface area contributed by atoms with E-state index >= 15 is 0 Å². The molecule has 5 atom stereocenters. The third kappa shape index (κ3) is 2.82. The minimum absolute atomic E-state index is 0.0972. The first kappa shape index (κ1) is 22.7. The van der Waals surface area contributed by atoms with Gasteiger partial charge in [-0.1, -0.05) is 6.92 Å². The Kier molecular flexibility index (Phi) is 4.83. The maximum absolute atomic E-state index is 13.6. The average Bonchev–Trinajstić information content (AvgIpc) is 2.82. The van der Waals surface area contributed by atoms with Gasteiger partial charge in [0.1, 0.15) is 22.8 Å². The van der Waals surface area contributed by atoms with Gasteiger partial charge >= 0.3 is 0 Å². The molecule has 5 rings (SSSR count). The van der Waals surface area contributed by atoms with Crippen molar-refractivity contribution < 1.29 is 39.9 Å². The zero-order chi connectivity index (χ0) is 25.4. The second kappa shape index (κ2) is 7.45. The van der Waals surface area contributed by atoms with Crippen LogP contribution in [0.15, 0.2) is 47.6 Å². The average molecular weight is 479 g/mol. The lowest BCUT2D eigenvalue weighted by atomic mass is 9.55. The number of amides is 1. The number of primary amides is 1. The molecule has 0 bridgehead atoms. The lowest BCUT2D eigenvalue weighted by molar-refractivity contribution is -0.160. The predicted octanol–water partition coefficient (Wildman–Crippen LogP) is 0.413. The van der Waals surface area contributed by atoms with Crippen molar-refractivity contribution >= 4 is 23.2 Å². The molecule has 11 nitrogen and oxygen atoms in total. The van der Waals surface area contributed by atoms with Crippen molar-refractivity contribution in [3.05, 3.63) is 58.8 Å². The van der Waals surface area contributed by atoms with Gasteiger partial charge in [-0.15, -0.1) is 0 Å². The van der Waals surface area contributed by atoms with Crippen LogP contribution in [0.2, 0.25) is 0 Å². The van der Waals surface area contributed by atoms with E-state index in [4.69, 9.17) is 5.73 Å². The lowest BCUT2D eigenvalue weighted by Crippen LogP contribution is -2.63. The normalized spacial score (nSPS) is 30.0. The van der Waals surface area contributed by atoms with E-state index in [9.17, 15) is 39.9 Å². The summed E-state index contributed by atoms with van der Waals surface area (Å²) in [6.07, 6.45) is 2.18. The highest BCUT2D eigenvalue weighted by Crippen LogP contribution is 2.56. The molecule has 1 heterocycles. The summed E-state index contributed by atoms with van der Waals surface area (Å²) in [4.78, 5) is 46.2. The fourth-order valence-corrected chi connectivity index (χ4v) is 5.74. The van der Waals surface area contributed by atoms with Crippen LogP contribution in [0.3, 0.4) is 0 Å². The largest absolute Gasteiger partial charge is 0.508 e. The molecule has 0 radical (unpaired) electrons. The van der Waals surface area contributed by atoms with E-state index < -0.39 is 76.0 Å². The highest BCUT2D eigenvalue weighted by molar-refractivity contribution is 6.23. The summed E-state index contributed by atoms with van der Waals surface area (Å²) in [5.41, 5.74) is 2.13. The van der Waals surface area contributed by atoms with Crippen molar-refractivity contribution in [3.63, 3.8) is 0 Å². The molecule has 3 aliphatic carbocycles. The Hall–Kier alpha value is -4.09. The number of rotatable bonds is 2. The SMILES string of the molecule is CC1c2c(-c3cnccn3)ccc(O)c2C(O)=C2C(=O)C3(O)C(O)=C(C(N)=O)C(=O)CC3C(O)C21. The van der Waals surface area contributed by atoms with Crippen molar-refractivity contribution in [2.45, 2.75) is 31.0 Å². The Morgan fingerprint density at radius 1 is 1.17 bits per heavy atom. The molecule has 180 valence electrons. The van der Waals surface area contributed by atoms with E-state index in [1.54, 1.807) is 13.0 Å². The summed E-state index contributed by atoms with van der Waals surface area (Å²) in [5.74, 6) is -9.12. The fraction of sp³-hybridized carbons (Fsp3) is 0.292. The summed E-state index contributed by atoms with van der Waals surface area (Å²) in [6, 6.07) is 2.87. The zero-order valence-corrected chi connectivity index (χ0v) is 18.3. The Morgan fingerprint density at radius 3 is 2.51 bits per heavy atom. The molecule has 11 heteroatoms. The number of aromatic nitrogens is 2. The van der Waals surface area contributed by atoms with Gasteiger partial charge in [0, 0.05) is 41.8 Å². The number of carbonyl (C=O) groups is 3. The van der Waals surface area contributed by atoms with Gasteiger partial charge in [-0.05, 0) is 23.6 Å². The topological polar surface area (TPSA) is 204 Å². The van der Waals surface area contributed by atoms with Gasteiger partial charge in [0.2, 0.25) is 5.78 Å². The molecule has 1 amide bonds. The van der Waals surface area contributed by atoms with E-state index in [0.29, 0.717) is 16.8 Å². The third-order valence-electron chi connectivity index (χ3n) is 7.32. The van der Waals surface area contributed by atoms with E-state index in [-0.39, 0.29) is 11.3 Å². The van der Waals surface area contributed by atoms with Gasteiger partial charge in [-0.25, -0.2) is 0 Å². The number of fused-ring (bicyclic) bond motifs is 3. The van der Waals surface area contributed by atoms with Crippen LogP contribution >= 0.6 is 0 Å². The Morgan fingerprint density at radius 2 is 1.89 bits per heavy atom. The summed E-state index contributed by atoms with van der Waals surface area (Å²) in [7, 11) is 0. The van der Waals surface area contributed by atoms with Crippen LogP contribution in [0.5, 0.6) is 5.75 Å². The van der Waals surface area contributed by atoms with E-state index in [1.165, 1.54) is 24.7 Å². The molecule has 35 heavy (non-hydrogen) atoms. The summed E-state index contributed by atoms with van der Waals surface area (Å²) >= 11 is 0. The maximum Gasteiger partial charge on any atom is 0.255 e. The van der Waals surface area contributed by atoms with Crippen LogP contribution in [0.25, 0.3) is 17.0 Å². The number of phenols is 1. The van der Waals surface area contributed by atoms with E-state index in [1.807, 2.05) is 0 Å². The second-order valence-electron chi connectivity index (χ2n) is 9.00. The van der Waals surface area contributed by atoms with Crippen LogP contribution < -0.4 is 5.73 Å². The number of aliphatic hydroxyl groups excluding tert-OH is 3. The molecule has 5 unspecified atom stereocenters. The van der Waals surface area contributed by atoms with E-state index in [2.05, 4.69) is 9.97 Å². The first-order valence-electron chi connectivity index (χ1n) is 10.8. The van der Waals surface area contributed by atoms with E-state index in [0.717, 1.165) is 0 Å². The highest BCUT2D eigenvalue weighted by atomic mass is 16.4. The zero-order valence-electron chi connectivity index (χ0n) is 18.3. The van der Waals surface area contributed by atoms with Crippen LogP contribution in [-0.2, 0) is 14.4 Å².